The van der Waals surface area contributed by atoms with Gasteiger partial charge in [-0.1, -0.05) is 0 Å². The first-order valence-electron chi connectivity index (χ1n) is 11.8. The Morgan fingerprint density at radius 1 is 1.26 bits per heavy atom. The molecule has 3 rings (SSSR count). The molecule has 1 aliphatic carbocycles. The summed E-state index contributed by atoms with van der Waals surface area (Å²) in [6, 6.07) is 0. The number of piperidine rings is 1. The van der Waals surface area contributed by atoms with Crippen LogP contribution in [0.2, 0.25) is 0 Å². The molecule has 34 heavy (non-hydrogen) atoms. The van der Waals surface area contributed by atoms with Crippen molar-refractivity contribution >= 4 is 17.5 Å². The van der Waals surface area contributed by atoms with E-state index in [0.717, 1.165) is 0 Å². The van der Waals surface area contributed by atoms with E-state index in [4.69, 9.17) is 5.73 Å². The monoisotopic (exact) mass is 490 g/mol. The summed E-state index contributed by atoms with van der Waals surface area (Å²) in [6.45, 7) is 4.05. The molecule has 0 aromatic carbocycles. The molecule has 1 amide bonds. The Morgan fingerprint density at radius 3 is 2.56 bits per heavy atom. The van der Waals surface area contributed by atoms with Crippen molar-refractivity contribution in [2.24, 2.45) is 23.5 Å². The highest BCUT2D eigenvalue weighted by atomic mass is 19.4. The van der Waals surface area contributed by atoms with Crippen LogP contribution in [0.5, 0.6) is 0 Å². The molecule has 0 spiro atoms. The minimum Gasteiger partial charge on any atom is -0.391 e. The van der Waals surface area contributed by atoms with Crippen molar-refractivity contribution in [1.29, 1.82) is 0 Å². The van der Waals surface area contributed by atoms with Crippen LogP contribution in [0.3, 0.4) is 0 Å². The van der Waals surface area contributed by atoms with Crippen LogP contribution < -0.4 is 16.0 Å². The van der Waals surface area contributed by atoms with Gasteiger partial charge < -0.3 is 21.1 Å². The van der Waals surface area contributed by atoms with E-state index in [1.54, 1.807) is 9.80 Å². The van der Waals surface area contributed by atoms with Crippen molar-refractivity contribution in [3.63, 3.8) is 0 Å². The zero-order valence-corrected chi connectivity index (χ0v) is 19.4. The Bertz CT molecular complexity index is 819. The number of carbonyl (C=O) groups excluding carboxylic acids is 1. The van der Waals surface area contributed by atoms with Crippen molar-refractivity contribution < 1.29 is 27.5 Å². The van der Waals surface area contributed by atoms with Gasteiger partial charge in [0.15, 0.2) is 11.6 Å². The van der Waals surface area contributed by atoms with E-state index in [2.05, 4.69) is 15.3 Å². The van der Waals surface area contributed by atoms with Gasteiger partial charge in [0.05, 0.1) is 18.6 Å². The van der Waals surface area contributed by atoms with Crippen LogP contribution in [-0.4, -0.2) is 77.4 Å². The number of halogens is 4. The third kappa shape index (κ3) is 6.91. The van der Waals surface area contributed by atoms with Crippen LogP contribution in [0, 0.1) is 23.6 Å². The fraction of sp³-hybridized carbons (Fsp3) is 0.773. The maximum Gasteiger partial charge on any atom is 0.391 e. The molecule has 1 aromatic heterocycles. The molecule has 1 saturated heterocycles. The van der Waals surface area contributed by atoms with E-state index in [1.165, 1.54) is 6.33 Å². The Labute approximate surface area is 196 Å². The van der Waals surface area contributed by atoms with E-state index >= 15 is 4.39 Å². The fourth-order valence-corrected chi connectivity index (χ4v) is 4.93. The fourth-order valence-electron chi connectivity index (χ4n) is 4.93. The molecule has 8 nitrogen and oxygen atoms in total. The highest BCUT2D eigenvalue weighted by Gasteiger charge is 2.41. The van der Waals surface area contributed by atoms with Crippen LogP contribution >= 0.6 is 0 Å². The first kappa shape index (κ1) is 26.4. The average Bonchev–Trinajstić information content (AvgIpc) is 2.77. The van der Waals surface area contributed by atoms with Crippen molar-refractivity contribution in [1.82, 2.24) is 14.9 Å². The predicted molar refractivity (Wildman–Crippen MR) is 120 cm³/mol. The third-order valence-electron chi connectivity index (χ3n) is 6.96. The standard InChI is InChI=1S/C22H34F4N6O2/c1-2-32(10-14-3-5-16(6-4-14)22(24,25)26)21-19(23)20(29-13-30-21)28-9-15-7-8-31(11-17(15)33)12-18(27)34/h13-17,33H,2-12H2,1H3,(H2,27,34)(H,28,29,30). The van der Waals surface area contributed by atoms with Crippen LogP contribution in [0.25, 0.3) is 0 Å². The lowest BCUT2D eigenvalue weighted by Crippen LogP contribution is -2.48. The van der Waals surface area contributed by atoms with E-state index in [0.29, 0.717) is 52.0 Å². The second-order valence-electron chi connectivity index (χ2n) is 9.36. The summed E-state index contributed by atoms with van der Waals surface area (Å²) < 4.78 is 54.1. The predicted octanol–water partition coefficient (Wildman–Crippen LogP) is 2.39. The number of hydrogen-bond acceptors (Lipinski definition) is 7. The lowest BCUT2D eigenvalue weighted by atomic mass is 9.81. The number of nitrogens with one attached hydrogen (secondary N) is 1. The van der Waals surface area contributed by atoms with E-state index in [9.17, 15) is 23.1 Å². The molecule has 192 valence electrons. The zero-order chi connectivity index (χ0) is 24.9. The number of primary amides is 1. The Hall–Kier alpha value is -2.21. The Balaban J connectivity index is 1.57. The number of aromatic nitrogens is 2. The van der Waals surface area contributed by atoms with Gasteiger partial charge in [-0.25, -0.2) is 9.97 Å². The van der Waals surface area contributed by atoms with Gasteiger partial charge in [0.25, 0.3) is 0 Å². The molecule has 2 aliphatic rings. The average molecular weight is 491 g/mol. The largest absolute Gasteiger partial charge is 0.391 e. The highest BCUT2D eigenvalue weighted by Crippen LogP contribution is 2.40. The number of aliphatic hydroxyl groups is 1. The summed E-state index contributed by atoms with van der Waals surface area (Å²) in [7, 11) is 0. The number of β-amino-alcohol motifs (C(OH)–C–C–N with tert-alkyl or cyclic N) is 1. The summed E-state index contributed by atoms with van der Waals surface area (Å²) >= 11 is 0. The molecule has 2 heterocycles. The minimum absolute atomic E-state index is 0.0241. The number of aliphatic hydroxyl groups excluding tert-OH is 1. The number of amides is 1. The smallest absolute Gasteiger partial charge is 0.391 e. The van der Waals surface area contributed by atoms with E-state index < -0.39 is 29.9 Å². The molecule has 2 unspecified atom stereocenters. The SMILES string of the molecule is CCN(CC1CCC(C(F)(F)F)CC1)c1ncnc(NCC2CCN(CC(N)=O)CC2O)c1F. The van der Waals surface area contributed by atoms with E-state index in [-0.39, 0.29) is 42.9 Å². The molecule has 0 bridgehead atoms. The number of nitrogens with zero attached hydrogens (tertiary/aromatic N) is 4. The van der Waals surface area contributed by atoms with Crippen LogP contribution in [0.1, 0.15) is 39.0 Å². The van der Waals surface area contributed by atoms with E-state index in [1.807, 2.05) is 6.92 Å². The Kier molecular flexibility index (Phi) is 8.91. The van der Waals surface area contributed by atoms with Gasteiger partial charge >= 0.3 is 6.18 Å². The third-order valence-corrected chi connectivity index (χ3v) is 6.96. The van der Waals surface area contributed by atoms with Gasteiger partial charge in [-0.2, -0.15) is 17.6 Å². The molecular weight excluding hydrogens is 456 g/mol. The van der Waals surface area contributed by atoms with Gasteiger partial charge in [0, 0.05) is 32.1 Å². The summed E-state index contributed by atoms with van der Waals surface area (Å²) in [5.74, 6) is -2.27. The van der Waals surface area contributed by atoms with Crippen molar-refractivity contribution in [3.05, 3.63) is 12.1 Å². The number of hydrogen-bond donors (Lipinski definition) is 3. The first-order valence-corrected chi connectivity index (χ1v) is 11.8. The zero-order valence-electron chi connectivity index (χ0n) is 19.4. The van der Waals surface area contributed by atoms with Gasteiger partial charge in [0.2, 0.25) is 11.7 Å². The van der Waals surface area contributed by atoms with Crippen LogP contribution in [-0.2, 0) is 4.79 Å². The molecule has 2 atom stereocenters. The van der Waals surface area contributed by atoms with Crippen LogP contribution in [0.4, 0.5) is 29.2 Å². The van der Waals surface area contributed by atoms with Gasteiger partial charge in [-0.05, 0) is 51.5 Å². The molecule has 0 radical (unpaired) electrons. The summed E-state index contributed by atoms with van der Waals surface area (Å²) in [5.41, 5.74) is 5.21. The summed E-state index contributed by atoms with van der Waals surface area (Å²) in [4.78, 5) is 22.7. The van der Waals surface area contributed by atoms with Crippen molar-refractivity contribution in [2.75, 3.05) is 49.5 Å². The lowest BCUT2D eigenvalue weighted by molar-refractivity contribution is -0.183. The lowest BCUT2D eigenvalue weighted by Gasteiger charge is -2.35. The number of carbonyl (C=O) groups is 1. The molecule has 12 heteroatoms. The molecule has 4 N–H and O–H groups in total. The first-order chi connectivity index (χ1) is 16.1. The minimum atomic E-state index is -4.15. The summed E-state index contributed by atoms with van der Waals surface area (Å²) in [5, 5.41) is 13.4. The number of likely N-dealkylation sites (tertiary alicyclic amines) is 1. The van der Waals surface area contributed by atoms with Gasteiger partial charge in [-0.15, -0.1) is 0 Å². The molecular formula is C22H34F4N6O2. The van der Waals surface area contributed by atoms with Gasteiger partial charge in [-0.3, -0.25) is 9.69 Å². The van der Waals surface area contributed by atoms with Gasteiger partial charge in [0.1, 0.15) is 6.33 Å². The molecule has 1 aromatic rings. The maximum atomic E-state index is 15.2. The number of anilines is 2. The molecule has 2 fully saturated rings. The maximum absolute atomic E-state index is 15.2. The quantitative estimate of drug-likeness (QED) is 0.456. The number of nitrogens with two attached hydrogens (primary N) is 1. The second kappa shape index (κ2) is 11.5. The topological polar surface area (TPSA) is 108 Å². The van der Waals surface area contributed by atoms with Crippen LogP contribution in [0.15, 0.2) is 6.33 Å². The molecule has 1 aliphatic heterocycles. The normalized spacial score (nSPS) is 26.3. The molecule has 1 saturated carbocycles. The van der Waals surface area contributed by atoms with Crippen molar-refractivity contribution in [3.8, 4) is 0 Å². The van der Waals surface area contributed by atoms with Crippen molar-refractivity contribution in [2.45, 2.75) is 51.3 Å². The number of rotatable bonds is 9. The Morgan fingerprint density at radius 2 is 1.97 bits per heavy atom. The highest BCUT2D eigenvalue weighted by molar-refractivity contribution is 5.75. The second-order valence-corrected chi connectivity index (χ2v) is 9.36. The number of alkyl halides is 3. The summed E-state index contributed by atoms with van der Waals surface area (Å²) in [6.07, 6.45) is -1.87.